The van der Waals surface area contributed by atoms with Crippen molar-refractivity contribution in [1.29, 1.82) is 0 Å². The number of fused-ring (bicyclic) bond motifs is 1. The van der Waals surface area contributed by atoms with Crippen LogP contribution in [0.5, 0.6) is 5.75 Å². The van der Waals surface area contributed by atoms with E-state index in [-0.39, 0.29) is 11.5 Å². The molecule has 4 rings (SSSR count). The van der Waals surface area contributed by atoms with E-state index in [9.17, 15) is 4.79 Å². The summed E-state index contributed by atoms with van der Waals surface area (Å²) in [6, 6.07) is 2.00. The average molecular weight is 386 g/mol. The number of carbonyl (C=O) groups excluding carboxylic acids is 1. The van der Waals surface area contributed by atoms with Gasteiger partial charge in [0, 0.05) is 36.3 Å². The minimum absolute atomic E-state index is 0.0408. The maximum atomic E-state index is 12.3. The van der Waals surface area contributed by atoms with E-state index in [1.54, 1.807) is 6.33 Å². The Morgan fingerprint density at radius 2 is 2.00 bits per heavy atom. The Kier molecular flexibility index (Phi) is 4.71. The first-order valence-electron chi connectivity index (χ1n) is 10.2. The van der Waals surface area contributed by atoms with E-state index < -0.39 is 5.60 Å². The third-order valence-electron chi connectivity index (χ3n) is 5.64. The van der Waals surface area contributed by atoms with Crippen LogP contribution < -0.4 is 4.74 Å². The number of aromatic nitrogens is 3. The van der Waals surface area contributed by atoms with Crippen molar-refractivity contribution in [2.24, 2.45) is 5.41 Å². The van der Waals surface area contributed by atoms with Crippen molar-refractivity contribution in [3.8, 4) is 5.75 Å². The van der Waals surface area contributed by atoms with Gasteiger partial charge in [0.1, 0.15) is 17.7 Å². The molecular weight excluding hydrogens is 356 g/mol. The Bertz CT molecular complexity index is 858. The van der Waals surface area contributed by atoms with E-state index in [1.807, 2.05) is 36.1 Å². The normalized spacial score (nSPS) is 19.6. The molecule has 2 aliphatic rings. The number of pyridine rings is 1. The number of carbonyl (C=O) groups is 1. The molecule has 0 bridgehead atoms. The molecular formula is C21H30N4O3. The highest BCUT2D eigenvalue weighted by atomic mass is 16.6. The highest BCUT2D eigenvalue weighted by molar-refractivity contribution is 5.68. The van der Waals surface area contributed by atoms with Gasteiger partial charge in [-0.15, -0.1) is 10.2 Å². The van der Waals surface area contributed by atoms with Gasteiger partial charge in [-0.25, -0.2) is 4.79 Å². The minimum atomic E-state index is -0.458. The molecule has 0 N–H and O–H groups in total. The molecule has 1 aliphatic heterocycles. The second-order valence-electron chi connectivity index (χ2n) is 9.53. The molecule has 1 saturated heterocycles. The quantitative estimate of drug-likeness (QED) is 0.794. The van der Waals surface area contributed by atoms with Crippen molar-refractivity contribution >= 4 is 11.7 Å². The van der Waals surface area contributed by atoms with Crippen LogP contribution in [-0.4, -0.2) is 50.9 Å². The molecule has 0 radical (unpaired) electrons. The fourth-order valence-electron chi connectivity index (χ4n) is 3.65. The summed E-state index contributed by atoms with van der Waals surface area (Å²) in [6.07, 6.45) is 7.85. The lowest BCUT2D eigenvalue weighted by Crippen LogP contribution is -2.46. The number of hydrogen-bond acceptors (Lipinski definition) is 5. The second-order valence-corrected chi connectivity index (χ2v) is 9.53. The number of likely N-dealkylation sites (tertiary alicyclic amines) is 1. The van der Waals surface area contributed by atoms with Crippen LogP contribution in [0.15, 0.2) is 18.6 Å². The third kappa shape index (κ3) is 4.23. The van der Waals surface area contributed by atoms with Gasteiger partial charge in [-0.2, -0.15) is 0 Å². The van der Waals surface area contributed by atoms with Crippen molar-refractivity contribution in [2.75, 3.05) is 19.7 Å². The molecule has 2 aromatic rings. The predicted octanol–water partition coefficient (Wildman–Crippen LogP) is 4.02. The number of rotatable bonds is 4. The number of ether oxygens (including phenoxy) is 2. The van der Waals surface area contributed by atoms with E-state index in [0.29, 0.717) is 25.6 Å². The summed E-state index contributed by atoms with van der Waals surface area (Å²) in [6.45, 7) is 9.98. The van der Waals surface area contributed by atoms with Crippen LogP contribution in [0.1, 0.15) is 64.9 Å². The van der Waals surface area contributed by atoms with Crippen LogP contribution in [0.25, 0.3) is 5.65 Å². The lowest BCUT2D eigenvalue weighted by molar-refractivity contribution is 0.00589. The molecule has 3 heterocycles. The molecule has 0 aromatic carbocycles. The van der Waals surface area contributed by atoms with Gasteiger partial charge in [-0.3, -0.25) is 4.40 Å². The van der Waals surface area contributed by atoms with Crippen LogP contribution in [0.2, 0.25) is 0 Å². The highest BCUT2D eigenvalue weighted by Crippen LogP contribution is 2.45. The Morgan fingerprint density at radius 1 is 1.29 bits per heavy atom. The van der Waals surface area contributed by atoms with Gasteiger partial charge in [-0.1, -0.05) is 6.92 Å². The van der Waals surface area contributed by atoms with E-state index >= 15 is 0 Å². The summed E-state index contributed by atoms with van der Waals surface area (Å²) in [5.74, 6) is 1.52. The SMILES string of the molecule is CC1(COc2cc3nncn3cc2C2CC2)CCN(C(=O)OC(C)(C)C)CC1. The largest absolute Gasteiger partial charge is 0.493 e. The molecule has 7 nitrogen and oxygen atoms in total. The molecule has 2 fully saturated rings. The molecule has 1 amide bonds. The zero-order valence-electron chi connectivity index (χ0n) is 17.3. The molecule has 0 atom stereocenters. The van der Waals surface area contributed by atoms with Crippen molar-refractivity contribution < 1.29 is 14.3 Å². The molecule has 7 heteroatoms. The molecule has 0 unspecified atom stereocenters. The zero-order valence-corrected chi connectivity index (χ0v) is 17.3. The van der Waals surface area contributed by atoms with Crippen molar-refractivity contribution in [1.82, 2.24) is 19.5 Å². The van der Waals surface area contributed by atoms with E-state index in [0.717, 1.165) is 24.2 Å². The minimum Gasteiger partial charge on any atom is -0.493 e. The van der Waals surface area contributed by atoms with E-state index in [2.05, 4.69) is 23.3 Å². The maximum absolute atomic E-state index is 12.3. The lowest BCUT2D eigenvalue weighted by Gasteiger charge is -2.39. The number of nitrogens with zero attached hydrogens (tertiary/aromatic N) is 4. The van der Waals surface area contributed by atoms with Gasteiger partial charge in [0.15, 0.2) is 5.65 Å². The Labute approximate surface area is 166 Å². The van der Waals surface area contributed by atoms with Gasteiger partial charge in [0.25, 0.3) is 0 Å². The summed E-state index contributed by atoms with van der Waals surface area (Å²) in [4.78, 5) is 14.1. The molecule has 1 aliphatic carbocycles. The smallest absolute Gasteiger partial charge is 0.410 e. The summed E-state index contributed by atoms with van der Waals surface area (Å²) in [5, 5.41) is 8.13. The van der Waals surface area contributed by atoms with Gasteiger partial charge in [-0.05, 0) is 52.4 Å². The van der Waals surface area contributed by atoms with Crippen molar-refractivity contribution in [3.05, 3.63) is 24.2 Å². The lowest BCUT2D eigenvalue weighted by atomic mass is 9.81. The van der Waals surface area contributed by atoms with Gasteiger partial charge < -0.3 is 14.4 Å². The monoisotopic (exact) mass is 386 g/mol. The topological polar surface area (TPSA) is 69.0 Å². The number of piperidine rings is 1. The molecule has 28 heavy (non-hydrogen) atoms. The first kappa shape index (κ1) is 19.0. The Hall–Kier alpha value is -2.31. The fourth-order valence-corrected chi connectivity index (χ4v) is 3.65. The summed E-state index contributed by atoms with van der Waals surface area (Å²) >= 11 is 0. The average Bonchev–Trinajstić information content (AvgIpc) is 3.36. The summed E-state index contributed by atoms with van der Waals surface area (Å²) in [7, 11) is 0. The van der Waals surface area contributed by atoms with Gasteiger partial charge >= 0.3 is 6.09 Å². The number of amides is 1. The first-order valence-corrected chi connectivity index (χ1v) is 10.2. The van der Waals surface area contributed by atoms with Gasteiger partial charge in [0.2, 0.25) is 0 Å². The predicted molar refractivity (Wildman–Crippen MR) is 106 cm³/mol. The van der Waals surface area contributed by atoms with Crippen LogP contribution >= 0.6 is 0 Å². The summed E-state index contributed by atoms with van der Waals surface area (Å²) in [5.41, 5.74) is 1.64. The van der Waals surface area contributed by atoms with Crippen LogP contribution in [0.4, 0.5) is 4.79 Å². The third-order valence-corrected chi connectivity index (χ3v) is 5.64. The van der Waals surface area contributed by atoms with E-state index in [1.165, 1.54) is 18.4 Å². The standard InChI is InChI=1S/C21H30N4O3/c1-20(2,3)28-19(26)24-9-7-21(4,8-10-24)13-27-17-11-18-23-22-14-25(18)12-16(17)15-5-6-15/h11-12,14-15H,5-10,13H2,1-4H3. The van der Waals surface area contributed by atoms with E-state index in [4.69, 9.17) is 9.47 Å². The van der Waals surface area contributed by atoms with Crippen LogP contribution in [0.3, 0.4) is 0 Å². The fraction of sp³-hybridized carbons (Fsp3) is 0.667. The molecule has 152 valence electrons. The first-order chi connectivity index (χ1) is 13.2. The zero-order chi connectivity index (χ0) is 19.9. The Balaban J connectivity index is 1.38. The number of hydrogen-bond donors (Lipinski definition) is 0. The maximum Gasteiger partial charge on any atom is 0.410 e. The second kappa shape index (κ2) is 6.94. The summed E-state index contributed by atoms with van der Waals surface area (Å²) < 4.78 is 13.8. The van der Waals surface area contributed by atoms with Gasteiger partial charge in [0.05, 0.1) is 6.61 Å². The van der Waals surface area contributed by atoms with Crippen LogP contribution in [0, 0.1) is 5.41 Å². The molecule has 2 aromatic heterocycles. The Morgan fingerprint density at radius 3 is 2.64 bits per heavy atom. The van der Waals surface area contributed by atoms with Crippen LogP contribution in [-0.2, 0) is 4.74 Å². The van der Waals surface area contributed by atoms with Crippen molar-refractivity contribution in [3.63, 3.8) is 0 Å². The van der Waals surface area contributed by atoms with Crippen molar-refractivity contribution in [2.45, 2.75) is 64.9 Å². The highest BCUT2D eigenvalue weighted by Gasteiger charge is 2.35. The molecule has 0 spiro atoms. The molecule has 1 saturated carbocycles.